The van der Waals surface area contributed by atoms with Crippen molar-refractivity contribution in [2.24, 2.45) is 0 Å². The fourth-order valence-corrected chi connectivity index (χ4v) is 2.20. The van der Waals surface area contributed by atoms with Crippen molar-refractivity contribution in [1.82, 2.24) is 9.88 Å². The van der Waals surface area contributed by atoms with Crippen molar-refractivity contribution in [2.45, 2.75) is 39.3 Å². The van der Waals surface area contributed by atoms with E-state index >= 15 is 0 Å². The average molecular weight is 299 g/mol. The number of nitrogens with zero attached hydrogens (tertiary/aromatic N) is 2. The quantitative estimate of drug-likeness (QED) is 0.879. The number of rotatable bonds is 4. The van der Waals surface area contributed by atoms with Crippen LogP contribution in [0.3, 0.4) is 0 Å². The van der Waals surface area contributed by atoms with Crippen molar-refractivity contribution < 1.29 is 9.53 Å². The van der Waals surface area contributed by atoms with E-state index in [1.807, 2.05) is 51.2 Å². The first-order chi connectivity index (χ1) is 10.4. The van der Waals surface area contributed by atoms with Gasteiger partial charge in [0.05, 0.1) is 11.6 Å². The fourth-order valence-electron chi connectivity index (χ4n) is 2.20. The van der Waals surface area contributed by atoms with Crippen molar-refractivity contribution in [2.75, 3.05) is 6.54 Å². The second kappa shape index (κ2) is 6.52. The molecule has 22 heavy (non-hydrogen) atoms. The molecule has 0 fully saturated rings. The molecule has 1 N–H and O–H groups in total. The number of ether oxygens (including phenoxy) is 1. The molecule has 0 aliphatic rings. The summed E-state index contributed by atoms with van der Waals surface area (Å²) >= 11 is 0. The second-order valence-electron chi connectivity index (χ2n) is 6.18. The number of carbonyl (C=O) groups is 1. The SMILES string of the molecule is CC(C)(C)OC(=O)NCCCn1ccc2ccc(C#N)cc21. The van der Waals surface area contributed by atoms with Crippen molar-refractivity contribution in [3.8, 4) is 6.07 Å². The predicted octanol–water partition coefficient (Wildman–Crippen LogP) is 3.43. The van der Waals surface area contributed by atoms with Gasteiger partial charge in [-0.15, -0.1) is 0 Å². The van der Waals surface area contributed by atoms with E-state index in [1.54, 1.807) is 0 Å². The number of aryl methyl sites for hydroxylation is 1. The molecule has 0 unspecified atom stereocenters. The van der Waals surface area contributed by atoms with Crippen LogP contribution in [-0.4, -0.2) is 22.8 Å². The summed E-state index contributed by atoms with van der Waals surface area (Å²) in [6, 6.07) is 9.83. The maximum atomic E-state index is 11.5. The lowest BCUT2D eigenvalue weighted by molar-refractivity contribution is 0.0527. The molecule has 1 amide bonds. The van der Waals surface area contributed by atoms with Crippen molar-refractivity contribution in [3.05, 3.63) is 36.0 Å². The van der Waals surface area contributed by atoms with E-state index in [0.29, 0.717) is 12.1 Å². The third kappa shape index (κ3) is 4.26. The average Bonchev–Trinajstić information content (AvgIpc) is 2.84. The van der Waals surface area contributed by atoms with E-state index in [-0.39, 0.29) is 0 Å². The molecule has 1 aromatic carbocycles. The Morgan fingerprint density at radius 1 is 1.36 bits per heavy atom. The number of alkyl carbamates (subject to hydrolysis) is 1. The van der Waals surface area contributed by atoms with Gasteiger partial charge >= 0.3 is 6.09 Å². The summed E-state index contributed by atoms with van der Waals surface area (Å²) in [5.74, 6) is 0. The first kappa shape index (κ1) is 15.9. The summed E-state index contributed by atoms with van der Waals surface area (Å²) < 4.78 is 7.27. The van der Waals surface area contributed by atoms with E-state index in [9.17, 15) is 4.79 Å². The number of nitriles is 1. The summed E-state index contributed by atoms with van der Waals surface area (Å²) in [6.45, 7) is 6.84. The van der Waals surface area contributed by atoms with Crippen LogP contribution in [0.15, 0.2) is 30.5 Å². The van der Waals surface area contributed by atoms with Crippen LogP contribution in [0.5, 0.6) is 0 Å². The molecule has 1 heterocycles. The number of fused-ring (bicyclic) bond motifs is 1. The van der Waals surface area contributed by atoms with Crippen LogP contribution in [0.2, 0.25) is 0 Å². The van der Waals surface area contributed by atoms with Gasteiger partial charge in [0, 0.05) is 24.8 Å². The number of hydrogen-bond acceptors (Lipinski definition) is 3. The molecule has 5 heteroatoms. The second-order valence-corrected chi connectivity index (χ2v) is 6.18. The minimum absolute atomic E-state index is 0.392. The molecule has 1 aromatic heterocycles. The highest BCUT2D eigenvalue weighted by atomic mass is 16.6. The third-order valence-electron chi connectivity index (χ3n) is 3.15. The topological polar surface area (TPSA) is 67.0 Å². The third-order valence-corrected chi connectivity index (χ3v) is 3.15. The van der Waals surface area contributed by atoms with Crippen LogP contribution in [-0.2, 0) is 11.3 Å². The Balaban J connectivity index is 1.88. The molecule has 0 saturated carbocycles. The van der Waals surface area contributed by atoms with Crippen molar-refractivity contribution in [3.63, 3.8) is 0 Å². The van der Waals surface area contributed by atoms with Gasteiger partial charge in [0.1, 0.15) is 5.60 Å². The summed E-state index contributed by atoms with van der Waals surface area (Å²) in [4.78, 5) is 11.5. The lowest BCUT2D eigenvalue weighted by Crippen LogP contribution is -2.33. The van der Waals surface area contributed by atoms with E-state index in [4.69, 9.17) is 10.00 Å². The molecule has 0 atom stereocenters. The Labute approximate surface area is 130 Å². The number of nitrogens with one attached hydrogen (secondary N) is 1. The zero-order valence-electron chi connectivity index (χ0n) is 13.2. The maximum absolute atomic E-state index is 11.5. The number of carbonyl (C=O) groups excluding carboxylic acids is 1. The van der Waals surface area contributed by atoms with Crippen LogP contribution < -0.4 is 5.32 Å². The van der Waals surface area contributed by atoms with Gasteiger partial charge in [-0.05, 0) is 50.8 Å². The van der Waals surface area contributed by atoms with Crippen LogP contribution >= 0.6 is 0 Å². The molecule has 116 valence electrons. The molecule has 0 aliphatic heterocycles. The molecular formula is C17H21N3O2. The Morgan fingerprint density at radius 2 is 2.14 bits per heavy atom. The molecule has 0 radical (unpaired) electrons. The number of hydrogen-bond donors (Lipinski definition) is 1. The normalized spacial score (nSPS) is 11.2. The number of aromatic nitrogens is 1. The zero-order valence-corrected chi connectivity index (χ0v) is 13.2. The lowest BCUT2D eigenvalue weighted by atomic mass is 10.2. The molecule has 0 saturated heterocycles. The fraction of sp³-hybridized carbons (Fsp3) is 0.412. The molecule has 5 nitrogen and oxygen atoms in total. The van der Waals surface area contributed by atoms with Gasteiger partial charge in [-0.1, -0.05) is 6.07 Å². The van der Waals surface area contributed by atoms with Crippen molar-refractivity contribution >= 4 is 17.0 Å². The minimum atomic E-state index is -0.478. The highest BCUT2D eigenvalue weighted by Crippen LogP contribution is 2.17. The predicted molar refractivity (Wildman–Crippen MR) is 85.5 cm³/mol. The van der Waals surface area contributed by atoms with Gasteiger partial charge in [0.15, 0.2) is 0 Å². The smallest absolute Gasteiger partial charge is 0.407 e. The summed E-state index contributed by atoms with van der Waals surface area (Å²) in [5.41, 5.74) is 1.21. The highest BCUT2D eigenvalue weighted by molar-refractivity contribution is 5.81. The Morgan fingerprint density at radius 3 is 2.82 bits per heavy atom. The van der Waals surface area contributed by atoms with Gasteiger partial charge in [-0.2, -0.15) is 5.26 Å². The Kier molecular flexibility index (Phi) is 4.71. The van der Waals surface area contributed by atoms with E-state index < -0.39 is 11.7 Å². The summed E-state index contributed by atoms with van der Waals surface area (Å²) in [5, 5.41) is 12.8. The largest absolute Gasteiger partial charge is 0.444 e. The molecule has 2 aromatic rings. The van der Waals surface area contributed by atoms with Gasteiger partial charge in [-0.25, -0.2) is 4.79 Å². The van der Waals surface area contributed by atoms with Crippen LogP contribution in [0.4, 0.5) is 4.79 Å². The first-order valence-electron chi connectivity index (χ1n) is 7.35. The van der Waals surface area contributed by atoms with E-state index in [0.717, 1.165) is 23.9 Å². The monoisotopic (exact) mass is 299 g/mol. The summed E-state index contributed by atoms with van der Waals surface area (Å²) in [7, 11) is 0. The molecule has 0 bridgehead atoms. The van der Waals surface area contributed by atoms with Crippen LogP contribution in [0, 0.1) is 11.3 Å². The van der Waals surface area contributed by atoms with Gasteiger partial charge in [-0.3, -0.25) is 0 Å². The van der Waals surface area contributed by atoms with E-state index in [2.05, 4.69) is 16.0 Å². The van der Waals surface area contributed by atoms with Gasteiger partial charge in [0.2, 0.25) is 0 Å². The Hall–Kier alpha value is -2.48. The number of benzene rings is 1. The number of amides is 1. The summed E-state index contributed by atoms with van der Waals surface area (Å²) in [6.07, 6.45) is 2.40. The zero-order chi connectivity index (χ0) is 16.2. The standard InChI is InChI=1S/C17H21N3O2/c1-17(2,3)22-16(21)19-8-4-9-20-10-7-14-6-5-13(12-18)11-15(14)20/h5-7,10-11H,4,8-9H2,1-3H3,(H,19,21). The van der Waals surface area contributed by atoms with Crippen LogP contribution in [0.1, 0.15) is 32.8 Å². The lowest BCUT2D eigenvalue weighted by Gasteiger charge is -2.19. The Bertz CT molecular complexity index is 705. The molecular weight excluding hydrogens is 278 g/mol. The highest BCUT2D eigenvalue weighted by Gasteiger charge is 2.15. The maximum Gasteiger partial charge on any atom is 0.407 e. The minimum Gasteiger partial charge on any atom is -0.444 e. The van der Waals surface area contributed by atoms with E-state index in [1.165, 1.54) is 0 Å². The molecule has 2 rings (SSSR count). The van der Waals surface area contributed by atoms with Crippen LogP contribution in [0.25, 0.3) is 10.9 Å². The first-order valence-corrected chi connectivity index (χ1v) is 7.35. The van der Waals surface area contributed by atoms with Crippen molar-refractivity contribution in [1.29, 1.82) is 5.26 Å². The molecule has 0 spiro atoms. The van der Waals surface area contributed by atoms with Gasteiger partial charge < -0.3 is 14.6 Å². The molecule has 0 aliphatic carbocycles. The van der Waals surface area contributed by atoms with Gasteiger partial charge in [0.25, 0.3) is 0 Å².